The zero-order valence-electron chi connectivity index (χ0n) is 17.7. The molecule has 1 heterocycles. The number of hydrogen-bond acceptors (Lipinski definition) is 4. The normalized spacial score (nSPS) is 14.9. The topological polar surface area (TPSA) is 75.7 Å². The van der Waals surface area contributed by atoms with E-state index in [1.165, 1.54) is 4.31 Å². The number of carbonyl (C=O) groups excluding carboxylic acids is 1. The second-order valence-corrected chi connectivity index (χ2v) is 9.73. The molecule has 0 bridgehead atoms. The van der Waals surface area contributed by atoms with E-state index in [2.05, 4.69) is 5.32 Å². The Balaban J connectivity index is 1.34. The van der Waals surface area contributed by atoms with E-state index in [0.717, 1.165) is 16.7 Å². The van der Waals surface area contributed by atoms with Crippen LogP contribution >= 0.6 is 0 Å². The molecule has 3 aromatic rings. The summed E-state index contributed by atoms with van der Waals surface area (Å²) in [6.45, 7) is 1.85. The highest BCUT2D eigenvalue weighted by molar-refractivity contribution is 7.93. The van der Waals surface area contributed by atoms with Crippen molar-refractivity contribution in [3.8, 4) is 0 Å². The van der Waals surface area contributed by atoms with Crippen LogP contribution in [0.5, 0.6) is 0 Å². The highest BCUT2D eigenvalue weighted by Crippen LogP contribution is 2.24. The third-order valence-corrected chi connectivity index (χ3v) is 7.31. The van der Waals surface area contributed by atoms with Crippen molar-refractivity contribution < 1.29 is 17.9 Å². The summed E-state index contributed by atoms with van der Waals surface area (Å²) >= 11 is 0. The van der Waals surface area contributed by atoms with Crippen LogP contribution in [0.4, 0.5) is 5.69 Å². The number of sulfonamides is 1. The first-order chi connectivity index (χ1) is 15.5. The highest BCUT2D eigenvalue weighted by atomic mass is 32.2. The molecule has 0 atom stereocenters. The largest absolute Gasteiger partial charge is 0.372 e. The third-order valence-electron chi connectivity index (χ3n) is 5.44. The number of rotatable bonds is 8. The van der Waals surface area contributed by atoms with E-state index in [1.807, 2.05) is 54.6 Å². The van der Waals surface area contributed by atoms with Gasteiger partial charge in [0.05, 0.1) is 24.7 Å². The molecule has 0 aromatic heterocycles. The number of benzene rings is 3. The average molecular weight is 451 g/mol. The number of amides is 1. The maximum absolute atomic E-state index is 12.6. The molecular weight excluding hydrogens is 424 g/mol. The minimum absolute atomic E-state index is 0.170. The Hall–Kier alpha value is -3.16. The molecule has 0 spiro atoms. The molecule has 1 aliphatic heterocycles. The lowest BCUT2D eigenvalue weighted by molar-refractivity contribution is 0.0947. The highest BCUT2D eigenvalue weighted by Gasteiger charge is 2.28. The summed E-state index contributed by atoms with van der Waals surface area (Å²) < 4.78 is 31.4. The van der Waals surface area contributed by atoms with E-state index < -0.39 is 10.0 Å². The van der Waals surface area contributed by atoms with E-state index in [9.17, 15) is 13.2 Å². The van der Waals surface area contributed by atoms with Crippen LogP contribution in [-0.2, 0) is 34.5 Å². The van der Waals surface area contributed by atoms with Crippen molar-refractivity contribution in [3.05, 3.63) is 101 Å². The van der Waals surface area contributed by atoms with Crippen LogP contribution in [0, 0.1) is 0 Å². The van der Waals surface area contributed by atoms with Gasteiger partial charge in [0, 0.05) is 18.7 Å². The molecule has 1 amide bonds. The van der Waals surface area contributed by atoms with E-state index >= 15 is 0 Å². The quantitative estimate of drug-likeness (QED) is 0.565. The molecule has 3 aromatic carbocycles. The maximum atomic E-state index is 12.6. The molecule has 0 unspecified atom stereocenters. The third kappa shape index (κ3) is 5.36. The summed E-state index contributed by atoms with van der Waals surface area (Å²) in [5.41, 5.74) is 4.22. The molecule has 1 aliphatic rings. The van der Waals surface area contributed by atoms with Crippen molar-refractivity contribution in [2.45, 2.75) is 26.2 Å². The molecule has 166 valence electrons. The number of carbonyl (C=O) groups is 1. The van der Waals surface area contributed by atoms with Crippen LogP contribution in [0.25, 0.3) is 0 Å². The van der Waals surface area contributed by atoms with Gasteiger partial charge in [-0.1, -0.05) is 54.6 Å². The van der Waals surface area contributed by atoms with E-state index in [0.29, 0.717) is 44.0 Å². The zero-order chi connectivity index (χ0) is 22.4. The SMILES string of the molecule is O=C(NCc1ccccc1COCc1ccccc1)c1ccc(N2CCCS2(=O)=O)cc1. The van der Waals surface area contributed by atoms with E-state index in [-0.39, 0.29) is 11.7 Å². The van der Waals surface area contributed by atoms with Crippen molar-refractivity contribution in [2.75, 3.05) is 16.6 Å². The molecule has 1 N–H and O–H groups in total. The predicted octanol–water partition coefficient (Wildman–Crippen LogP) is 3.87. The number of anilines is 1. The number of nitrogens with one attached hydrogen (secondary N) is 1. The van der Waals surface area contributed by atoms with Crippen LogP contribution in [0.3, 0.4) is 0 Å². The van der Waals surface area contributed by atoms with Gasteiger partial charge >= 0.3 is 0 Å². The molecule has 1 fully saturated rings. The van der Waals surface area contributed by atoms with Crippen molar-refractivity contribution >= 4 is 21.6 Å². The molecule has 6 nitrogen and oxygen atoms in total. The summed E-state index contributed by atoms with van der Waals surface area (Å²) in [5, 5.41) is 2.94. The zero-order valence-corrected chi connectivity index (χ0v) is 18.6. The van der Waals surface area contributed by atoms with Crippen molar-refractivity contribution in [1.29, 1.82) is 0 Å². The Morgan fingerprint density at radius 2 is 1.56 bits per heavy atom. The first kappa shape index (κ1) is 22.0. The van der Waals surface area contributed by atoms with Gasteiger partial charge < -0.3 is 10.1 Å². The number of nitrogens with zero attached hydrogens (tertiary/aromatic N) is 1. The lowest BCUT2D eigenvalue weighted by Crippen LogP contribution is -2.26. The van der Waals surface area contributed by atoms with Gasteiger partial charge in [0.1, 0.15) is 0 Å². The standard InChI is InChI=1S/C25H26N2O4S/c28-25(21-11-13-24(14-12-21)27-15-6-16-32(27,29)30)26-17-22-9-4-5-10-23(22)19-31-18-20-7-2-1-3-8-20/h1-5,7-14H,6,15-19H2,(H,26,28). The molecular formula is C25H26N2O4S. The van der Waals surface area contributed by atoms with Crippen LogP contribution in [0.2, 0.25) is 0 Å². The fourth-order valence-electron chi connectivity index (χ4n) is 3.71. The Bertz CT molecular complexity index is 1160. The Morgan fingerprint density at radius 1 is 0.875 bits per heavy atom. The summed E-state index contributed by atoms with van der Waals surface area (Å²) in [5.74, 6) is -0.0372. The fraction of sp³-hybridized carbons (Fsp3) is 0.240. The summed E-state index contributed by atoms with van der Waals surface area (Å²) in [7, 11) is -3.23. The van der Waals surface area contributed by atoms with E-state index in [1.54, 1.807) is 24.3 Å². The van der Waals surface area contributed by atoms with Crippen LogP contribution in [0.1, 0.15) is 33.5 Å². The van der Waals surface area contributed by atoms with Gasteiger partial charge in [-0.3, -0.25) is 9.10 Å². The molecule has 0 aliphatic carbocycles. The van der Waals surface area contributed by atoms with Gasteiger partial charge in [-0.2, -0.15) is 0 Å². The molecule has 32 heavy (non-hydrogen) atoms. The number of ether oxygens (including phenoxy) is 1. The minimum Gasteiger partial charge on any atom is -0.372 e. The molecule has 7 heteroatoms. The summed E-state index contributed by atoms with van der Waals surface area (Å²) in [6.07, 6.45) is 0.624. The molecule has 0 radical (unpaired) electrons. The monoisotopic (exact) mass is 450 g/mol. The van der Waals surface area contributed by atoms with Gasteiger partial charge in [-0.05, 0) is 47.4 Å². The van der Waals surface area contributed by atoms with Crippen LogP contribution in [0.15, 0.2) is 78.9 Å². The van der Waals surface area contributed by atoms with Gasteiger partial charge in [0.15, 0.2) is 0 Å². The van der Waals surface area contributed by atoms with Crippen LogP contribution < -0.4 is 9.62 Å². The molecule has 4 rings (SSSR count). The van der Waals surface area contributed by atoms with E-state index in [4.69, 9.17) is 4.74 Å². The smallest absolute Gasteiger partial charge is 0.251 e. The second kappa shape index (κ2) is 9.97. The van der Waals surface area contributed by atoms with Crippen LogP contribution in [-0.4, -0.2) is 26.6 Å². The Labute approximate surface area is 188 Å². The molecule has 1 saturated heterocycles. The summed E-state index contributed by atoms with van der Waals surface area (Å²) in [6, 6.07) is 24.5. The summed E-state index contributed by atoms with van der Waals surface area (Å²) in [4.78, 5) is 12.6. The van der Waals surface area contributed by atoms with Gasteiger partial charge in [0.2, 0.25) is 10.0 Å². The first-order valence-corrected chi connectivity index (χ1v) is 12.2. The maximum Gasteiger partial charge on any atom is 0.251 e. The van der Waals surface area contributed by atoms with Crippen molar-refractivity contribution in [1.82, 2.24) is 5.32 Å². The number of hydrogen-bond donors (Lipinski definition) is 1. The average Bonchev–Trinajstić information content (AvgIpc) is 3.18. The molecule has 0 saturated carbocycles. The van der Waals surface area contributed by atoms with Gasteiger partial charge in [-0.25, -0.2) is 8.42 Å². The first-order valence-electron chi connectivity index (χ1n) is 10.6. The minimum atomic E-state index is -3.23. The second-order valence-electron chi connectivity index (χ2n) is 7.72. The van der Waals surface area contributed by atoms with Crippen molar-refractivity contribution in [2.24, 2.45) is 0 Å². The van der Waals surface area contributed by atoms with Crippen molar-refractivity contribution in [3.63, 3.8) is 0 Å². The lowest BCUT2D eigenvalue weighted by atomic mass is 10.1. The Kier molecular flexibility index (Phi) is 6.87. The van der Waals surface area contributed by atoms with Gasteiger partial charge in [-0.15, -0.1) is 0 Å². The predicted molar refractivity (Wildman–Crippen MR) is 125 cm³/mol. The Morgan fingerprint density at radius 3 is 2.25 bits per heavy atom. The lowest BCUT2D eigenvalue weighted by Gasteiger charge is -2.17. The fourth-order valence-corrected chi connectivity index (χ4v) is 5.27. The van der Waals surface area contributed by atoms with Gasteiger partial charge in [0.25, 0.3) is 5.91 Å².